The summed E-state index contributed by atoms with van der Waals surface area (Å²) in [6.45, 7) is 2.81. The van der Waals surface area contributed by atoms with E-state index in [1.165, 1.54) is 4.90 Å². The minimum Gasteiger partial charge on any atom is -0.326 e. The molecule has 0 radical (unpaired) electrons. The van der Waals surface area contributed by atoms with Gasteiger partial charge in [0.1, 0.15) is 5.82 Å². The molecule has 5 nitrogen and oxygen atoms in total. The lowest BCUT2D eigenvalue weighted by Gasteiger charge is -2.15. The molecule has 0 bridgehead atoms. The Kier molecular flexibility index (Phi) is 3.01. The van der Waals surface area contributed by atoms with Crippen LogP contribution in [0.2, 0.25) is 0 Å². The third kappa shape index (κ3) is 2.04. The number of carbonyl (C=O) groups is 2. The van der Waals surface area contributed by atoms with Crippen LogP contribution >= 0.6 is 0 Å². The maximum Gasteiger partial charge on any atom is 0.261 e. The van der Waals surface area contributed by atoms with Crippen LogP contribution < -0.4 is 0 Å². The van der Waals surface area contributed by atoms with E-state index in [9.17, 15) is 9.59 Å². The highest BCUT2D eigenvalue weighted by Crippen LogP contribution is 2.23. The lowest BCUT2D eigenvalue weighted by atomic mass is 10.1. The van der Waals surface area contributed by atoms with E-state index in [0.717, 1.165) is 16.9 Å². The molecular formula is C18H15N3O2. The second-order valence-corrected chi connectivity index (χ2v) is 5.61. The predicted octanol–water partition coefficient (Wildman–Crippen LogP) is 2.64. The van der Waals surface area contributed by atoms with E-state index in [4.69, 9.17) is 0 Å². The zero-order valence-electron chi connectivity index (χ0n) is 12.7. The van der Waals surface area contributed by atoms with Crippen molar-refractivity contribution in [1.82, 2.24) is 14.5 Å². The van der Waals surface area contributed by atoms with Crippen LogP contribution in [0.1, 0.15) is 26.5 Å². The number of imidazole rings is 1. The summed E-state index contributed by atoms with van der Waals surface area (Å²) in [6, 6.07) is 14.8. The molecule has 2 heterocycles. The van der Waals surface area contributed by atoms with Gasteiger partial charge in [0.15, 0.2) is 0 Å². The van der Waals surface area contributed by atoms with Gasteiger partial charge in [0.05, 0.1) is 22.2 Å². The van der Waals surface area contributed by atoms with E-state index >= 15 is 0 Å². The summed E-state index contributed by atoms with van der Waals surface area (Å²) >= 11 is 0. The average Bonchev–Trinajstić information content (AvgIpc) is 3.01. The Morgan fingerprint density at radius 2 is 1.48 bits per heavy atom. The highest BCUT2D eigenvalue weighted by Gasteiger charge is 2.34. The molecule has 2 aromatic carbocycles. The van der Waals surface area contributed by atoms with Gasteiger partial charge in [0, 0.05) is 13.1 Å². The molecule has 23 heavy (non-hydrogen) atoms. The number of aryl methyl sites for hydroxylation is 1. The molecule has 1 aromatic heterocycles. The number of rotatable bonds is 3. The predicted molar refractivity (Wildman–Crippen MR) is 86.3 cm³/mol. The van der Waals surface area contributed by atoms with Crippen molar-refractivity contribution < 1.29 is 9.59 Å². The van der Waals surface area contributed by atoms with Crippen LogP contribution in [0.25, 0.3) is 11.0 Å². The average molecular weight is 305 g/mol. The van der Waals surface area contributed by atoms with Gasteiger partial charge in [-0.05, 0) is 31.2 Å². The number of benzene rings is 2. The van der Waals surface area contributed by atoms with Gasteiger partial charge in [-0.1, -0.05) is 24.3 Å². The lowest BCUT2D eigenvalue weighted by molar-refractivity contribution is 0.0649. The van der Waals surface area contributed by atoms with Gasteiger partial charge in [-0.15, -0.1) is 0 Å². The zero-order chi connectivity index (χ0) is 16.0. The molecule has 0 saturated heterocycles. The van der Waals surface area contributed by atoms with Crippen LogP contribution in [0.3, 0.4) is 0 Å². The number of hydrogen-bond acceptors (Lipinski definition) is 3. The number of aromatic nitrogens is 2. The number of amides is 2. The molecule has 114 valence electrons. The molecule has 5 heteroatoms. The number of imide groups is 1. The maximum atomic E-state index is 12.4. The Morgan fingerprint density at radius 1 is 0.870 bits per heavy atom. The van der Waals surface area contributed by atoms with Gasteiger partial charge >= 0.3 is 0 Å². The SMILES string of the molecule is Cc1nc2ccccc2n1CCN1C(=O)c2ccccc2C1=O. The minimum atomic E-state index is -0.215. The van der Waals surface area contributed by atoms with E-state index in [1.807, 2.05) is 35.8 Å². The highest BCUT2D eigenvalue weighted by molar-refractivity contribution is 6.21. The molecule has 4 rings (SSSR count). The maximum absolute atomic E-state index is 12.4. The van der Waals surface area contributed by atoms with Crippen LogP contribution in [0.5, 0.6) is 0 Å². The van der Waals surface area contributed by atoms with Gasteiger partial charge in [0.25, 0.3) is 11.8 Å². The zero-order valence-corrected chi connectivity index (χ0v) is 12.7. The first kappa shape index (κ1) is 13.7. The smallest absolute Gasteiger partial charge is 0.261 e. The van der Waals surface area contributed by atoms with Crippen LogP contribution in [-0.4, -0.2) is 32.8 Å². The fourth-order valence-electron chi connectivity index (χ4n) is 3.12. The van der Waals surface area contributed by atoms with Crippen LogP contribution in [0.15, 0.2) is 48.5 Å². The number of nitrogens with zero attached hydrogens (tertiary/aromatic N) is 3. The molecule has 0 unspecified atom stereocenters. The first-order chi connectivity index (χ1) is 11.2. The minimum absolute atomic E-state index is 0.215. The summed E-state index contributed by atoms with van der Waals surface area (Å²) in [5.74, 6) is 0.447. The van der Waals surface area contributed by atoms with Crippen molar-refractivity contribution in [3.8, 4) is 0 Å². The molecular weight excluding hydrogens is 290 g/mol. The summed E-state index contributed by atoms with van der Waals surface area (Å²) in [4.78, 5) is 30.6. The summed E-state index contributed by atoms with van der Waals surface area (Å²) in [7, 11) is 0. The third-order valence-corrected chi connectivity index (χ3v) is 4.27. The second kappa shape index (κ2) is 5.05. The highest BCUT2D eigenvalue weighted by atomic mass is 16.2. The number of fused-ring (bicyclic) bond motifs is 2. The molecule has 0 saturated carbocycles. The molecule has 1 aliphatic rings. The Morgan fingerprint density at radius 3 is 2.17 bits per heavy atom. The summed E-state index contributed by atoms with van der Waals surface area (Å²) in [5.41, 5.74) is 2.92. The topological polar surface area (TPSA) is 55.2 Å². The van der Waals surface area contributed by atoms with E-state index in [-0.39, 0.29) is 11.8 Å². The number of para-hydroxylation sites is 2. The molecule has 3 aromatic rings. The van der Waals surface area contributed by atoms with Gasteiger partial charge < -0.3 is 4.57 Å². The van der Waals surface area contributed by atoms with Crippen molar-refractivity contribution in [2.24, 2.45) is 0 Å². The van der Waals surface area contributed by atoms with E-state index in [0.29, 0.717) is 24.2 Å². The molecule has 0 aliphatic carbocycles. The number of carbonyl (C=O) groups excluding carboxylic acids is 2. The summed E-state index contributed by atoms with van der Waals surface area (Å²) in [6.07, 6.45) is 0. The first-order valence-electron chi connectivity index (χ1n) is 7.54. The monoisotopic (exact) mass is 305 g/mol. The summed E-state index contributed by atoms with van der Waals surface area (Å²) in [5, 5.41) is 0. The lowest BCUT2D eigenvalue weighted by Crippen LogP contribution is -2.33. The van der Waals surface area contributed by atoms with Crippen molar-refractivity contribution in [1.29, 1.82) is 0 Å². The van der Waals surface area contributed by atoms with E-state index < -0.39 is 0 Å². The van der Waals surface area contributed by atoms with Crippen LogP contribution in [0.4, 0.5) is 0 Å². The Bertz CT molecular complexity index is 907. The van der Waals surface area contributed by atoms with Crippen molar-refractivity contribution in [2.45, 2.75) is 13.5 Å². The van der Waals surface area contributed by atoms with Gasteiger partial charge in [-0.2, -0.15) is 0 Å². The molecule has 1 aliphatic heterocycles. The Balaban J connectivity index is 1.62. The van der Waals surface area contributed by atoms with Gasteiger partial charge in [-0.25, -0.2) is 4.98 Å². The first-order valence-corrected chi connectivity index (χ1v) is 7.54. The van der Waals surface area contributed by atoms with E-state index in [2.05, 4.69) is 4.98 Å². The molecule has 0 spiro atoms. The largest absolute Gasteiger partial charge is 0.326 e. The molecule has 0 atom stereocenters. The normalized spacial score (nSPS) is 13.9. The van der Waals surface area contributed by atoms with E-state index in [1.54, 1.807) is 24.3 Å². The van der Waals surface area contributed by atoms with Gasteiger partial charge in [0.2, 0.25) is 0 Å². The standard InChI is InChI=1S/C18H15N3O2/c1-12-19-15-8-4-5-9-16(15)20(12)10-11-21-17(22)13-6-2-3-7-14(13)18(21)23/h2-9H,10-11H2,1H3. The summed E-state index contributed by atoms with van der Waals surface area (Å²) < 4.78 is 2.04. The van der Waals surface area contributed by atoms with Crippen molar-refractivity contribution in [2.75, 3.05) is 6.54 Å². The fourth-order valence-corrected chi connectivity index (χ4v) is 3.12. The van der Waals surface area contributed by atoms with Crippen LogP contribution in [-0.2, 0) is 6.54 Å². The van der Waals surface area contributed by atoms with Crippen LogP contribution in [0, 0.1) is 6.92 Å². The Labute approximate surface area is 133 Å². The molecule has 2 amide bonds. The van der Waals surface area contributed by atoms with Gasteiger partial charge in [-0.3, -0.25) is 14.5 Å². The number of hydrogen-bond donors (Lipinski definition) is 0. The molecule has 0 N–H and O–H groups in total. The third-order valence-electron chi connectivity index (χ3n) is 4.27. The second-order valence-electron chi connectivity index (χ2n) is 5.61. The Hall–Kier alpha value is -2.95. The fraction of sp³-hybridized carbons (Fsp3) is 0.167. The van der Waals surface area contributed by atoms with Crippen molar-refractivity contribution in [3.05, 3.63) is 65.5 Å². The van der Waals surface area contributed by atoms with Crippen molar-refractivity contribution >= 4 is 22.8 Å². The quantitative estimate of drug-likeness (QED) is 0.699. The molecule has 0 fully saturated rings. The van der Waals surface area contributed by atoms with Crippen molar-refractivity contribution in [3.63, 3.8) is 0 Å².